The number of Topliss-reactive ketones (excluding diaryl/α,β-unsaturated/α-hetero) is 1. The number of nitrogens with zero attached hydrogens (tertiary/aromatic N) is 2. The lowest BCUT2D eigenvalue weighted by Crippen LogP contribution is -2.27. The Kier molecular flexibility index (Phi) is 5.80. The largest absolute Gasteiger partial charge is 0.497 e. The van der Waals surface area contributed by atoms with Crippen molar-refractivity contribution in [1.29, 1.82) is 0 Å². The van der Waals surface area contributed by atoms with Crippen molar-refractivity contribution in [2.45, 2.75) is 20.4 Å². The Morgan fingerprint density at radius 1 is 1.11 bits per heavy atom. The van der Waals surface area contributed by atoms with E-state index in [0.717, 1.165) is 15.8 Å². The van der Waals surface area contributed by atoms with Crippen LogP contribution in [0.25, 0.3) is 0 Å². The molecule has 3 rings (SSSR count). The Balaban J connectivity index is 1.87. The topological polar surface area (TPSA) is 70.4 Å². The highest BCUT2D eigenvalue weighted by molar-refractivity contribution is 6.31. The second-order valence-corrected chi connectivity index (χ2v) is 6.71. The van der Waals surface area contributed by atoms with Crippen LogP contribution in [-0.4, -0.2) is 22.7 Å². The second-order valence-electron chi connectivity index (χ2n) is 6.30. The van der Waals surface area contributed by atoms with E-state index in [1.807, 2.05) is 26.0 Å². The van der Waals surface area contributed by atoms with Crippen LogP contribution in [0, 0.1) is 13.8 Å². The van der Waals surface area contributed by atoms with Gasteiger partial charge < -0.3 is 9.47 Å². The van der Waals surface area contributed by atoms with Crippen LogP contribution < -0.4 is 15.0 Å². The third kappa shape index (κ3) is 4.23. The lowest BCUT2D eigenvalue weighted by Gasteiger charge is -2.11. The Labute approximate surface area is 167 Å². The van der Waals surface area contributed by atoms with Gasteiger partial charge in [-0.3, -0.25) is 9.59 Å². The van der Waals surface area contributed by atoms with E-state index in [9.17, 15) is 9.59 Å². The van der Waals surface area contributed by atoms with Crippen LogP contribution in [0.1, 0.15) is 21.5 Å². The van der Waals surface area contributed by atoms with Crippen molar-refractivity contribution in [3.8, 4) is 17.2 Å². The van der Waals surface area contributed by atoms with Gasteiger partial charge in [-0.1, -0.05) is 35.4 Å². The summed E-state index contributed by atoms with van der Waals surface area (Å²) in [5, 5.41) is 4.04. The van der Waals surface area contributed by atoms with Gasteiger partial charge in [-0.2, -0.15) is 5.10 Å². The highest BCUT2D eigenvalue weighted by atomic mass is 35.5. The predicted molar refractivity (Wildman–Crippen MR) is 107 cm³/mol. The lowest BCUT2D eigenvalue weighted by molar-refractivity contribution is 0.0965. The van der Waals surface area contributed by atoms with Crippen LogP contribution in [0.3, 0.4) is 0 Å². The molecule has 0 atom stereocenters. The number of hydrogen-bond donors (Lipinski definition) is 0. The van der Waals surface area contributed by atoms with Gasteiger partial charge in [-0.05, 0) is 43.7 Å². The molecule has 0 aliphatic heterocycles. The number of hydrogen-bond acceptors (Lipinski definition) is 5. The molecule has 3 aromatic rings. The maximum absolute atomic E-state index is 12.7. The number of ether oxygens (including phenoxy) is 2. The first-order valence-electron chi connectivity index (χ1n) is 8.57. The molecule has 7 heteroatoms. The van der Waals surface area contributed by atoms with Crippen molar-refractivity contribution in [2.75, 3.05) is 7.11 Å². The van der Waals surface area contributed by atoms with E-state index in [-0.39, 0.29) is 23.1 Å². The van der Waals surface area contributed by atoms with E-state index in [1.165, 1.54) is 6.20 Å². The smallest absolute Gasteiger partial charge is 0.311 e. The minimum absolute atomic E-state index is 0.0658. The zero-order valence-electron chi connectivity index (χ0n) is 15.7. The Hall–Kier alpha value is -3.12. The van der Waals surface area contributed by atoms with Gasteiger partial charge in [-0.15, -0.1) is 0 Å². The number of rotatable bonds is 6. The first-order valence-corrected chi connectivity index (χ1v) is 8.95. The monoisotopic (exact) mass is 398 g/mol. The van der Waals surface area contributed by atoms with Crippen molar-refractivity contribution >= 4 is 17.4 Å². The number of methoxy groups -OCH3 is 1. The van der Waals surface area contributed by atoms with Crippen LogP contribution >= 0.6 is 11.6 Å². The van der Waals surface area contributed by atoms with Gasteiger partial charge in [0.1, 0.15) is 23.1 Å². The highest BCUT2D eigenvalue weighted by Crippen LogP contribution is 2.26. The summed E-state index contributed by atoms with van der Waals surface area (Å²) in [5.74, 6) is 0.767. The molecule has 2 aromatic carbocycles. The van der Waals surface area contributed by atoms with E-state index in [0.29, 0.717) is 17.1 Å². The maximum Gasteiger partial charge on any atom is 0.311 e. The molecular weight excluding hydrogens is 380 g/mol. The molecule has 6 nitrogen and oxygen atoms in total. The number of carbonyl (C=O) groups is 1. The molecule has 0 fully saturated rings. The fourth-order valence-corrected chi connectivity index (χ4v) is 2.93. The fourth-order valence-electron chi connectivity index (χ4n) is 2.77. The predicted octanol–water partition coefficient (Wildman–Crippen LogP) is 4.20. The van der Waals surface area contributed by atoms with Crippen molar-refractivity contribution in [3.05, 3.63) is 80.7 Å². The van der Waals surface area contributed by atoms with Crippen molar-refractivity contribution in [1.82, 2.24) is 9.78 Å². The third-order valence-corrected chi connectivity index (χ3v) is 4.48. The zero-order chi connectivity index (χ0) is 20.3. The van der Waals surface area contributed by atoms with E-state index in [4.69, 9.17) is 21.1 Å². The minimum atomic E-state index is -0.582. The molecule has 0 saturated heterocycles. The number of benzene rings is 2. The maximum atomic E-state index is 12.7. The summed E-state index contributed by atoms with van der Waals surface area (Å²) in [5.41, 5.74) is 1.88. The first kappa shape index (κ1) is 19.6. The second kappa shape index (κ2) is 8.27. The van der Waals surface area contributed by atoms with E-state index >= 15 is 0 Å². The molecule has 0 unspecified atom stereocenters. The molecule has 0 aliphatic carbocycles. The normalized spacial score (nSPS) is 10.6. The summed E-state index contributed by atoms with van der Waals surface area (Å²) < 4.78 is 11.8. The molecule has 0 saturated carbocycles. The average Bonchev–Trinajstić information content (AvgIpc) is 2.67. The summed E-state index contributed by atoms with van der Waals surface area (Å²) in [6.45, 7) is 3.60. The van der Waals surface area contributed by atoms with Crippen LogP contribution in [0.5, 0.6) is 17.2 Å². The summed E-state index contributed by atoms with van der Waals surface area (Å²) in [6, 6.07) is 12.2. The molecule has 0 spiro atoms. The van der Waals surface area contributed by atoms with Gasteiger partial charge in [0.2, 0.25) is 5.75 Å². The van der Waals surface area contributed by atoms with Gasteiger partial charge in [0, 0.05) is 5.56 Å². The average molecular weight is 399 g/mol. The number of aromatic nitrogens is 2. The van der Waals surface area contributed by atoms with Gasteiger partial charge in [-0.25, -0.2) is 4.68 Å². The molecule has 1 heterocycles. The van der Waals surface area contributed by atoms with E-state index in [2.05, 4.69) is 5.10 Å². The van der Waals surface area contributed by atoms with Crippen LogP contribution in [0.15, 0.2) is 53.5 Å². The van der Waals surface area contributed by atoms with Crippen LogP contribution in [0.4, 0.5) is 0 Å². The molecule has 0 amide bonds. The molecule has 0 aliphatic rings. The van der Waals surface area contributed by atoms with E-state index in [1.54, 1.807) is 37.4 Å². The first-order chi connectivity index (χ1) is 13.4. The van der Waals surface area contributed by atoms with Crippen molar-refractivity contribution in [2.24, 2.45) is 0 Å². The highest BCUT2D eigenvalue weighted by Gasteiger charge is 2.17. The van der Waals surface area contributed by atoms with Crippen LogP contribution in [-0.2, 0) is 6.54 Å². The van der Waals surface area contributed by atoms with Crippen LogP contribution in [0.2, 0.25) is 5.02 Å². The molecule has 0 radical (unpaired) electrons. The van der Waals surface area contributed by atoms with Gasteiger partial charge >= 0.3 is 5.56 Å². The number of carbonyl (C=O) groups excluding carboxylic acids is 1. The summed E-state index contributed by atoms with van der Waals surface area (Å²) in [7, 11) is 1.56. The molecule has 28 heavy (non-hydrogen) atoms. The Morgan fingerprint density at radius 3 is 2.43 bits per heavy atom. The molecule has 1 aromatic heterocycles. The van der Waals surface area contributed by atoms with Crippen molar-refractivity contribution < 1.29 is 14.3 Å². The molecular formula is C21H19ClN2O4. The number of halogens is 1. The standard InChI is InChI=1S/C21H19ClN2O4/c1-13-4-9-17(14(2)10-13)19(25)12-24-21(26)20(18(22)11-23-24)28-16-7-5-15(27-3)6-8-16/h4-11H,12H2,1-3H3. The third-order valence-electron chi connectivity index (χ3n) is 4.21. The van der Waals surface area contributed by atoms with Gasteiger partial charge in [0.05, 0.1) is 13.3 Å². The van der Waals surface area contributed by atoms with Crippen molar-refractivity contribution in [3.63, 3.8) is 0 Å². The Morgan fingerprint density at radius 2 is 1.79 bits per heavy atom. The lowest BCUT2D eigenvalue weighted by atomic mass is 10.0. The summed E-state index contributed by atoms with van der Waals surface area (Å²) in [4.78, 5) is 25.4. The quantitative estimate of drug-likeness (QED) is 0.582. The Bertz CT molecular complexity index is 1070. The number of ketones is 1. The van der Waals surface area contributed by atoms with Gasteiger partial charge in [0.25, 0.3) is 0 Å². The SMILES string of the molecule is COc1ccc(Oc2c(Cl)cnn(CC(=O)c3ccc(C)cc3C)c2=O)cc1. The number of aryl methyl sites for hydroxylation is 2. The molecule has 0 bridgehead atoms. The van der Waals surface area contributed by atoms with E-state index < -0.39 is 5.56 Å². The summed E-state index contributed by atoms with van der Waals surface area (Å²) in [6.07, 6.45) is 1.29. The molecule has 144 valence electrons. The fraction of sp³-hybridized carbons (Fsp3) is 0.190. The zero-order valence-corrected chi connectivity index (χ0v) is 16.5. The van der Waals surface area contributed by atoms with Gasteiger partial charge in [0.15, 0.2) is 5.78 Å². The summed E-state index contributed by atoms with van der Waals surface area (Å²) >= 11 is 6.10. The molecule has 0 N–H and O–H groups in total. The minimum Gasteiger partial charge on any atom is -0.497 e.